The van der Waals surface area contributed by atoms with Gasteiger partial charge in [0, 0.05) is 26.2 Å². The SMILES string of the molecule is CN(CC(=O)N1CCN(C)CC1c1ccccc1)Cc1ccccc1. The molecule has 1 fully saturated rings. The molecule has 1 saturated heterocycles. The number of rotatable bonds is 5. The summed E-state index contributed by atoms with van der Waals surface area (Å²) in [5.74, 6) is 0.209. The van der Waals surface area contributed by atoms with Crippen molar-refractivity contribution >= 4 is 5.91 Å². The molecule has 132 valence electrons. The van der Waals surface area contributed by atoms with Crippen molar-refractivity contribution in [1.29, 1.82) is 0 Å². The van der Waals surface area contributed by atoms with Crippen LogP contribution in [-0.4, -0.2) is 60.9 Å². The van der Waals surface area contributed by atoms with Crippen molar-refractivity contribution in [1.82, 2.24) is 14.7 Å². The minimum Gasteiger partial charge on any atom is -0.332 e. The summed E-state index contributed by atoms with van der Waals surface area (Å²) < 4.78 is 0. The van der Waals surface area contributed by atoms with E-state index < -0.39 is 0 Å². The third-order valence-electron chi connectivity index (χ3n) is 4.79. The molecule has 0 radical (unpaired) electrons. The van der Waals surface area contributed by atoms with Gasteiger partial charge in [0.1, 0.15) is 0 Å². The van der Waals surface area contributed by atoms with Gasteiger partial charge in [-0.15, -0.1) is 0 Å². The Morgan fingerprint density at radius 1 is 1.04 bits per heavy atom. The van der Waals surface area contributed by atoms with Gasteiger partial charge in [0.2, 0.25) is 5.91 Å². The van der Waals surface area contributed by atoms with Gasteiger partial charge in [0.25, 0.3) is 0 Å². The number of carbonyl (C=O) groups excluding carboxylic acids is 1. The Labute approximate surface area is 150 Å². The summed E-state index contributed by atoms with van der Waals surface area (Å²) in [5, 5.41) is 0. The largest absolute Gasteiger partial charge is 0.332 e. The molecule has 1 heterocycles. The zero-order chi connectivity index (χ0) is 17.6. The van der Waals surface area contributed by atoms with Crippen molar-refractivity contribution in [2.75, 3.05) is 40.3 Å². The van der Waals surface area contributed by atoms with Gasteiger partial charge in [-0.25, -0.2) is 0 Å². The number of amides is 1. The number of hydrogen-bond donors (Lipinski definition) is 0. The van der Waals surface area contributed by atoms with Crippen LogP contribution in [0.15, 0.2) is 60.7 Å². The molecule has 1 amide bonds. The average Bonchev–Trinajstić information content (AvgIpc) is 2.63. The molecule has 25 heavy (non-hydrogen) atoms. The Morgan fingerprint density at radius 2 is 1.68 bits per heavy atom. The first-order valence-electron chi connectivity index (χ1n) is 8.89. The lowest BCUT2D eigenvalue weighted by Crippen LogP contribution is -2.51. The molecule has 0 N–H and O–H groups in total. The Hall–Kier alpha value is -2.17. The minimum absolute atomic E-state index is 0.137. The van der Waals surface area contributed by atoms with Gasteiger partial charge in [0.05, 0.1) is 12.6 Å². The van der Waals surface area contributed by atoms with E-state index in [0.29, 0.717) is 6.54 Å². The fourth-order valence-electron chi connectivity index (χ4n) is 3.45. The van der Waals surface area contributed by atoms with Crippen LogP contribution in [0.3, 0.4) is 0 Å². The standard InChI is InChI=1S/C21H27N3O/c1-22-13-14-24(20(16-22)19-11-7-4-8-12-19)21(25)17-23(2)15-18-9-5-3-6-10-18/h3-12,20H,13-17H2,1-2H3. The fraction of sp³-hybridized carbons (Fsp3) is 0.381. The second-order valence-electron chi connectivity index (χ2n) is 6.93. The summed E-state index contributed by atoms with van der Waals surface area (Å²) in [7, 11) is 4.14. The zero-order valence-corrected chi connectivity index (χ0v) is 15.1. The van der Waals surface area contributed by atoms with Crippen LogP contribution in [0.4, 0.5) is 0 Å². The van der Waals surface area contributed by atoms with E-state index in [4.69, 9.17) is 0 Å². The van der Waals surface area contributed by atoms with Gasteiger partial charge in [-0.2, -0.15) is 0 Å². The van der Waals surface area contributed by atoms with E-state index in [1.165, 1.54) is 11.1 Å². The van der Waals surface area contributed by atoms with Gasteiger partial charge in [-0.05, 0) is 25.2 Å². The van der Waals surface area contributed by atoms with E-state index in [1.54, 1.807) is 0 Å². The van der Waals surface area contributed by atoms with Gasteiger partial charge in [-0.3, -0.25) is 9.69 Å². The third kappa shape index (κ3) is 4.68. The number of nitrogens with zero attached hydrogens (tertiary/aromatic N) is 3. The lowest BCUT2D eigenvalue weighted by Gasteiger charge is -2.41. The minimum atomic E-state index is 0.137. The van der Waals surface area contributed by atoms with Crippen molar-refractivity contribution < 1.29 is 4.79 Å². The lowest BCUT2D eigenvalue weighted by atomic mass is 10.0. The smallest absolute Gasteiger partial charge is 0.237 e. The van der Waals surface area contributed by atoms with Crippen LogP contribution in [0, 0.1) is 0 Å². The van der Waals surface area contributed by atoms with Crippen LogP contribution < -0.4 is 0 Å². The van der Waals surface area contributed by atoms with E-state index in [-0.39, 0.29) is 11.9 Å². The molecule has 1 unspecified atom stereocenters. The molecule has 1 aliphatic heterocycles. The Kier molecular flexibility index (Phi) is 5.84. The predicted octanol–water partition coefficient (Wildman–Crippen LogP) is 2.63. The molecular formula is C21H27N3O. The number of carbonyl (C=O) groups is 1. The third-order valence-corrected chi connectivity index (χ3v) is 4.79. The Balaban J connectivity index is 1.66. The molecule has 0 spiro atoms. The molecule has 0 aromatic heterocycles. The second kappa shape index (κ2) is 8.28. The topological polar surface area (TPSA) is 26.8 Å². The molecule has 4 nitrogen and oxygen atoms in total. The number of hydrogen-bond acceptors (Lipinski definition) is 3. The maximum Gasteiger partial charge on any atom is 0.237 e. The molecule has 1 aliphatic rings. The highest BCUT2D eigenvalue weighted by Crippen LogP contribution is 2.25. The number of benzene rings is 2. The molecule has 0 bridgehead atoms. The monoisotopic (exact) mass is 337 g/mol. The molecule has 1 atom stereocenters. The van der Waals surface area contributed by atoms with Gasteiger partial charge in [-0.1, -0.05) is 60.7 Å². The molecular weight excluding hydrogens is 310 g/mol. The maximum absolute atomic E-state index is 13.0. The predicted molar refractivity (Wildman–Crippen MR) is 101 cm³/mol. The second-order valence-corrected chi connectivity index (χ2v) is 6.93. The summed E-state index contributed by atoms with van der Waals surface area (Å²) in [5.41, 5.74) is 2.45. The van der Waals surface area contributed by atoms with E-state index in [0.717, 1.165) is 26.2 Å². The molecule has 0 aliphatic carbocycles. The highest BCUT2D eigenvalue weighted by molar-refractivity contribution is 5.79. The Bertz CT molecular complexity index is 674. The molecule has 0 saturated carbocycles. The van der Waals surface area contributed by atoms with Crippen LogP contribution >= 0.6 is 0 Å². The van der Waals surface area contributed by atoms with Crippen LogP contribution in [0.25, 0.3) is 0 Å². The van der Waals surface area contributed by atoms with Crippen LogP contribution in [0.1, 0.15) is 17.2 Å². The molecule has 3 rings (SSSR count). The van der Waals surface area contributed by atoms with Crippen LogP contribution in [-0.2, 0) is 11.3 Å². The average molecular weight is 337 g/mol. The van der Waals surface area contributed by atoms with Crippen LogP contribution in [0.5, 0.6) is 0 Å². The number of piperazine rings is 1. The first-order chi connectivity index (χ1) is 12.1. The summed E-state index contributed by atoms with van der Waals surface area (Å²) in [6.07, 6.45) is 0. The summed E-state index contributed by atoms with van der Waals surface area (Å²) in [4.78, 5) is 19.4. The molecule has 2 aromatic rings. The van der Waals surface area contributed by atoms with E-state index in [1.807, 2.05) is 43.4 Å². The van der Waals surface area contributed by atoms with E-state index in [9.17, 15) is 4.79 Å². The van der Waals surface area contributed by atoms with E-state index in [2.05, 4.69) is 46.0 Å². The summed E-state index contributed by atoms with van der Waals surface area (Å²) >= 11 is 0. The first-order valence-corrected chi connectivity index (χ1v) is 8.89. The van der Waals surface area contributed by atoms with Crippen molar-refractivity contribution in [2.45, 2.75) is 12.6 Å². The quantitative estimate of drug-likeness (QED) is 0.839. The number of likely N-dealkylation sites (N-methyl/N-ethyl adjacent to an activating group) is 2. The van der Waals surface area contributed by atoms with Gasteiger partial charge >= 0.3 is 0 Å². The lowest BCUT2D eigenvalue weighted by molar-refractivity contribution is -0.137. The molecule has 4 heteroatoms. The normalized spacial score (nSPS) is 18.5. The van der Waals surface area contributed by atoms with Crippen molar-refractivity contribution in [2.24, 2.45) is 0 Å². The Morgan fingerprint density at radius 3 is 2.36 bits per heavy atom. The van der Waals surface area contributed by atoms with Crippen molar-refractivity contribution in [3.63, 3.8) is 0 Å². The van der Waals surface area contributed by atoms with Crippen molar-refractivity contribution in [3.05, 3.63) is 71.8 Å². The summed E-state index contributed by atoms with van der Waals surface area (Å²) in [6.45, 7) is 3.84. The molecule has 2 aromatic carbocycles. The maximum atomic E-state index is 13.0. The fourth-order valence-corrected chi connectivity index (χ4v) is 3.45. The van der Waals surface area contributed by atoms with Gasteiger partial charge in [0.15, 0.2) is 0 Å². The summed E-state index contributed by atoms with van der Waals surface area (Å²) in [6, 6.07) is 20.8. The van der Waals surface area contributed by atoms with Crippen LogP contribution in [0.2, 0.25) is 0 Å². The van der Waals surface area contributed by atoms with Gasteiger partial charge < -0.3 is 9.80 Å². The van der Waals surface area contributed by atoms with E-state index >= 15 is 0 Å². The highest BCUT2D eigenvalue weighted by atomic mass is 16.2. The highest BCUT2D eigenvalue weighted by Gasteiger charge is 2.30. The first kappa shape index (κ1) is 17.6. The van der Waals surface area contributed by atoms with Crippen molar-refractivity contribution in [3.8, 4) is 0 Å². The zero-order valence-electron chi connectivity index (χ0n) is 15.1.